The summed E-state index contributed by atoms with van der Waals surface area (Å²) >= 11 is 0. The van der Waals surface area contributed by atoms with Crippen LogP contribution in [0.2, 0.25) is 0 Å². The van der Waals surface area contributed by atoms with Crippen LogP contribution in [0.15, 0.2) is 24.3 Å². The molecule has 0 radical (unpaired) electrons. The minimum absolute atomic E-state index is 0.0187. The Morgan fingerprint density at radius 3 is 2.38 bits per heavy atom. The lowest BCUT2D eigenvalue weighted by atomic mass is 10.1. The molecule has 0 aliphatic carbocycles. The first-order chi connectivity index (χ1) is 7.58. The molecule has 16 heavy (non-hydrogen) atoms. The Hall–Kier alpha value is -1.84. The highest BCUT2D eigenvalue weighted by atomic mass is 16.5. The molecule has 0 bridgehead atoms. The predicted molar refractivity (Wildman–Crippen MR) is 58.6 cm³/mol. The van der Waals surface area contributed by atoms with Crippen LogP contribution >= 0.6 is 0 Å². The van der Waals surface area contributed by atoms with Crippen LogP contribution in [-0.4, -0.2) is 23.5 Å². The Morgan fingerprint density at radius 1 is 1.25 bits per heavy atom. The summed E-state index contributed by atoms with van der Waals surface area (Å²) in [5.74, 6) is -0.152. The van der Waals surface area contributed by atoms with Crippen molar-refractivity contribution in [1.82, 2.24) is 0 Å². The van der Waals surface area contributed by atoms with Crippen LogP contribution in [0.1, 0.15) is 18.9 Å². The number of carbonyl (C=O) groups is 2. The molecule has 0 spiro atoms. The van der Waals surface area contributed by atoms with Gasteiger partial charge in [0.25, 0.3) is 0 Å². The van der Waals surface area contributed by atoms with E-state index in [-0.39, 0.29) is 18.8 Å². The zero-order chi connectivity index (χ0) is 12.0. The Morgan fingerprint density at radius 2 is 1.88 bits per heavy atom. The second-order valence-electron chi connectivity index (χ2n) is 3.51. The maximum atomic E-state index is 10.8. The molecule has 1 aromatic carbocycles. The first-order valence-electron chi connectivity index (χ1n) is 5.01. The summed E-state index contributed by atoms with van der Waals surface area (Å²) in [4.78, 5) is 21.1. The van der Waals surface area contributed by atoms with Gasteiger partial charge >= 0.3 is 5.97 Å². The smallest absolute Gasteiger partial charge is 0.306 e. The molecule has 1 N–H and O–H groups in total. The van der Waals surface area contributed by atoms with Crippen LogP contribution in [-0.2, 0) is 16.0 Å². The molecule has 1 aromatic rings. The van der Waals surface area contributed by atoms with Gasteiger partial charge in [0, 0.05) is 6.42 Å². The average Bonchev–Trinajstić information content (AvgIpc) is 2.19. The van der Waals surface area contributed by atoms with Crippen molar-refractivity contribution >= 4 is 11.8 Å². The van der Waals surface area contributed by atoms with Gasteiger partial charge in [-0.25, -0.2) is 0 Å². The molecule has 0 atom stereocenters. The molecule has 4 nitrogen and oxygen atoms in total. The van der Waals surface area contributed by atoms with Gasteiger partial charge in [-0.15, -0.1) is 0 Å². The normalized spacial score (nSPS) is 9.81. The van der Waals surface area contributed by atoms with Crippen molar-refractivity contribution in [3.8, 4) is 5.75 Å². The number of carboxylic acids is 1. The highest BCUT2D eigenvalue weighted by Gasteiger charge is 2.00. The second-order valence-corrected chi connectivity index (χ2v) is 3.51. The SMILES string of the molecule is CC(=O)Cc1ccc(OCCC(=O)O)cc1. The van der Waals surface area contributed by atoms with E-state index in [1.165, 1.54) is 6.92 Å². The van der Waals surface area contributed by atoms with Crippen molar-refractivity contribution in [3.63, 3.8) is 0 Å². The van der Waals surface area contributed by atoms with Crippen LogP contribution in [0.3, 0.4) is 0 Å². The number of carbonyl (C=O) groups excluding carboxylic acids is 1. The summed E-state index contributed by atoms with van der Waals surface area (Å²) < 4.78 is 5.21. The Balaban J connectivity index is 2.45. The summed E-state index contributed by atoms with van der Waals surface area (Å²) in [6, 6.07) is 7.08. The van der Waals surface area contributed by atoms with Crippen molar-refractivity contribution in [2.75, 3.05) is 6.61 Å². The predicted octanol–water partition coefficient (Wildman–Crippen LogP) is 1.67. The van der Waals surface area contributed by atoms with Gasteiger partial charge in [0.05, 0.1) is 13.0 Å². The van der Waals surface area contributed by atoms with Gasteiger partial charge in [0.15, 0.2) is 0 Å². The lowest BCUT2D eigenvalue weighted by Gasteiger charge is -2.05. The third kappa shape index (κ3) is 4.59. The standard InChI is InChI=1S/C12H14O4/c1-9(13)8-10-2-4-11(5-3-10)16-7-6-12(14)15/h2-5H,6-8H2,1H3,(H,14,15). The summed E-state index contributed by atoms with van der Waals surface area (Å²) in [6.45, 7) is 1.69. The average molecular weight is 222 g/mol. The third-order valence-corrected chi connectivity index (χ3v) is 1.96. The van der Waals surface area contributed by atoms with Gasteiger partial charge in [-0.3, -0.25) is 9.59 Å². The van der Waals surface area contributed by atoms with E-state index in [2.05, 4.69) is 0 Å². The van der Waals surface area contributed by atoms with Gasteiger partial charge in [-0.1, -0.05) is 12.1 Å². The van der Waals surface area contributed by atoms with Crippen LogP contribution in [0.4, 0.5) is 0 Å². The zero-order valence-electron chi connectivity index (χ0n) is 9.10. The van der Waals surface area contributed by atoms with E-state index in [4.69, 9.17) is 9.84 Å². The molecule has 0 aromatic heterocycles. The molecule has 0 heterocycles. The molecule has 1 rings (SSSR count). The molecular formula is C12H14O4. The van der Waals surface area contributed by atoms with Crippen LogP contribution < -0.4 is 4.74 Å². The van der Waals surface area contributed by atoms with E-state index >= 15 is 0 Å². The first-order valence-corrected chi connectivity index (χ1v) is 5.01. The number of hydrogen-bond donors (Lipinski definition) is 1. The fourth-order valence-electron chi connectivity index (χ4n) is 1.25. The quantitative estimate of drug-likeness (QED) is 0.795. The van der Waals surface area contributed by atoms with Gasteiger partial charge < -0.3 is 9.84 Å². The first kappa shape index (κ1) is 12.2. The van der Waals surface area contributed by atoms with E-state index in [0.717, 1.165) is 5.56 Å². The fourth-order valence-corrected chi connectivity index (χ4v) is 1.25. The zero-order valence-corrected chi connectivity index (χ0v) is 9.10. The van der Waals surface area contributed by atoms with Gasteiger partial charge in [-0.2, -0.15) is 0 Å². The van der Waals surface area contributed by atoms with Crippen molar-refractivity contribution in [3.05, 3.63) is 29.8 Å². The lowest BCUT2D eigenvalue weighted by Crippen LogP contribution is -2.04. The third-order valence-electron chi connectivity index (χ3n) is 1.96. The number of ether oxygens (including phenoxy) is 1. The molecule has 0 aliphatic rings. The van der Waals surface area contributed by atoms with E-state index in [1.807, 2.05) is 0 Å². The number of ketones is 1. The van der Waals surface area contributed by atoms with Crippen LogP contribution in [0.5, 0.6) is 5.75 Å². The van der Waals surface area contributed by atoms with E-state index in [0.29, 0.717) is 12.2 Å². The van der Waals surface area contributed by atoms with Crippen molar-refractivity contribution in [2.24, 2.45) is 0 Å². The van der Waals surface area contributed by atoms with E-state index in [9.17, 15) is 9.59 Å². The summed E-state index contributed by atoms with van der Waals surface area (Å²) in [5.41, 5.74) is 0.929. The maximum Gasteiger partial charge on any atom is 0.306 e. The highest BCUT2D eigenvalue weighted by Crippen LogP contribution is 2.12. The minimum atomic E-state index is -0.881. The summed E-state index contributed by atoms with van der Waals surface area (Å²) in [5, 5.41) is 8.42. The summed E-state index contributed by atoms with van der Waals surface area (Å²) in [6.07, 6.45) is 0.393. The largest absolute Gasteiger partial charge is 0.493 e. The lowest BCUT2D eigenvalue weighted by molar-refractivity contribution is -0.137. The molecule has 86 valence electrons. The fraction of sp³-hybridized carbons (Fsp3) is 0.333. The van der Waals surface area contributed by atoms with Crippen molar-refractivity contribution in [2.45, 2.75) is 19.8 Å². The molecule has 0 unspecified atom stereocenters. The number of Topliss-reactive ketones (excluding diaryl/α,β-unsaturated/α-hetero) is 1. The molecule has 0 fully saturated rings. The number of hydrogen-bond acceptors (Lipinski definition) is 3. The van der Waals surface area contributed by atoms with Crippen molar-refractivity contribution < 1.29 is 19.4 Å². The topological polar surface area (TPSA) is 63.6 Å². The highest BCUT2D eigenvalue weighted by molar-refractivity contribution is 5.78. The second kappa shape index (κ2) is 5.90. The van der Waals surface area contributed by atoms with Gasteiger partial charge in [0.2, 0.25) is 0 Å². The van der Waals surface area contributed by atoms with Crippen LogP contribution in [0, 0.1) is 0 Å². The Kier molecular flexibility index (Phi) is 4.51. The molecule has 4 heteroatoms. The Bertz CT molecular complexity index is 367. The monoisotopic (exact) mass is 222 g/mol. The Labute approximate surface area is 93.9 Å². The molecule has 0 aliphatic heterocycles. The van der Waals surface area contributed by atoms with E-state index < -0.39 is 5.97 Å². The molecule has 0 saturated heterocycles. The minimum Gasteiger partial charge on any atom is -0.493 e. The number of aliphatic carboxylic acids is 1. The molecular weight excluding hydrogens is 208 g/mol. The van der Waals surface area contributed by atoms with Crippen molar-refractivity contribution in [1.29, 1.82) is 0 Å². The number of rotatable bonds is 6. The number of benzene rings is 1. The maximum absolute atomic E-state index is 10.8. The number of carboxylic acid groups (broad SMARTS) is 1. The van der Waals surface area contributed by atoms with E-state index in [1.54, 1.807) is 24.3 Å². The van der Waals surface area contributed by atoms with Gasteiger partial charge in [0.1, 0.15) is 11.5 Å². The summed E-state index contributed by atoms with van der Waals surface area (Å²) in [7, 11) is 0. The van der Waals surface area contributed by atoms with Crippen LogP contribution in [0.25, 0.3) is 0 Å². The molecule has 0 saturated carbocycles. The molecule has 0 amide bonds. The van der Waals surface area contributed by atoms with Gasteiger partial charge in [-0.05, 0) is 24.6 Å².